The Morgan fingerprint density at radius 1 is 1.36 bits per heavy atom. The Morgan fingerprint density at radius 2 is 1.93 bits per heavy atom. The molecule has 3 heterocycles. The van der Waals surface area contributed by atoms with Gasteiger partial charge in [0.2, 0.25) is 0 Å². The third-order valence-corrected chi connectivity index (χ3v) is 3.17. The van der Waals surface area contributed by atoms with Gasteiger partial charge in [0.1, 0.15) is 0 Å². The van der Waals surface area contributed by atoms with E-state index in [4.69, 9.17) is 19.3 Å². The summed E-state index contributed by atoms with van der Waals surface area (Å²) in [5, 5.41) is 9.16. The van der Waals surface area contributed by atoms with Gasteiger partial charge >= 0.3 is 5.97 Å². The highest BCUT2D eigenvalue weighted by Crippen LogP contribution is 2.50. The van der Waals surface area contributed by atoms with Crippen LogP contribution >= 0.6 is 0 Å². The lowest BCUT2D eigenvalue weighted by molar-refractivity contribution is -0.501. The minimum Gasteiger partial charge on any atom is -0.479 e. The van der Waals surface area contributed by atoms with Crippen LogP contribution in [0.3, 0.4) is 0 Å². The standard InChI is InChI=1S/C9H12O5/c1-8-12-5-2-6(13-8)4-9(3-5,14-8)7(10)11/h5-6H,2-4H2,1H3,(H,10,11). The quantitative estimate of drug-likeness (QED) is 0.667. The molecule has 4 aliphatic rings. The second-order valence-corrected chi connectivity index (χ2v) is 4.39. The van der Waals surface area contributed by atoms with Crippen molar-refractivity contribution in [3.63, 3.8) is 0 Å². The smallest absolute Gasteiger partial charge is 0.336 e. The molecule has 2 unspecified atom stereocenters. The van der Waals surface area contributed by atoms with E-state index in [0.717, 1.165) is 6.42 Å². The number of aliphatic carboxylic acids is 1. The van der Waals surface area contributed by atoms with Gasteiger partial charge in [0.15, 0.2) is 5.60 Å². The summed E-state index contributed by atoms with van der Waals surface area (Å²) in [6.07, 6.45) is 1.61. The molecule has 0 radical (unpaired) electrons. The number of carbonyl (C=O) groups is 1. The first-order chi connectivity index (χ1) is 6.51. The Morgan fingerprint density at radius 3 is 2.36 bits per heavy atom. The van der Waals surface area contributed by atoms with Crippen LogP contribution in [0.25, 0.3) is 0 Å². The van der Waals surface area contributed by atoms with E-state index in [1.54, 1.807) is 6.92 Å². The first-order valence-corrected chi connectivity index (χ1v) is 4.81. The van der Waals surface area contributed by atoms with Gasteiger partial charge < -0.3 is 19.3 Å². The minimum atomic E-state index is -1.14. The molecule has 1 N–H and O–H groups in total. The minimum absolute atomic E-state index is 0.0302. The number of hydrogen-bond acceptors (Lipinski definition) is 4. The summed E-state index contributed by atoms with van der Waals surface area (Å²) in [6, 6.07) is 0. The van der Waals surface area contributed by atoms with Crippen LogP contribution in [-0.2, 0) is 19.0 Å². The van der Waals surface area contributed by atoms with Crippen LogP contribution in [0.15, 0.2) is 0 Å². The molecule has 4 rings (SSSR count). The molecule has 14 heavy (non-hydrogen) atoms. The van der Waals surface area contributed by atoms with Gasteiger partial charge in [0, 0.05) is 26.2 Å². The van der Waals surface area contributed by atoms with E-state index in [-0.39, 0.29) is 12.2 Å². The number of carboxylic acid groups (broad SMARTS) is 1. The van der Waals surface area contributed by atoms with Crippen LogP contribution < -0.4 is 0 Å². The highest BCUT2D eigenvalue weighted by molar-refractivity contribution is 5.78. The maximum Gasteiger partial charge on any atom is 0.336 e. The van der Waals surface area contributed by atoms with Gasteiger partial charge in [-0.15, -0.1) is 0 Å². The monoisotopic (exact) mass is 200 g/mol. The molecule has 4 bridgehead atoms. The van der Waals surface area contributed by atoms with Crippen LogP contribution in [-0.4, -0.2) is 34.9 Å². The Hall–Kier alpha value is -0.650. The summed E-state index contributed by atoms with van der Waals surface area (Å²) >= 11 is 0. The van der Waals surface area contributed by atoms with E-state index < -0.39 is 17.5 Å². The molecule has 5 heteroatoms. The van der Waals surface area contributed by atoms with Crippen molar-refractivity contribution in [2.45, 2.75) is 50.0 Å². The van der Waals surface area contributed by atoms with Gasteiger partial charge in [-0.2, -0.15) is 0 Å². The first-order valence-electron chi connectivity index (χ1n) is 4.81. The van der Waals surface area contributed by atoms with Gasteiger partial charge in [-0.05, 0) is 0 Å². The van der Waals surface area contributed by atoms with Crippen LogP contribution in [0, 0.1) is 0 Å². The van der Waals surface area contributed by atoms with E-state index in [1.165, 1.54) is 0 Å². The Bertz CT molecular complexity index is 286. The third-order valence-electron chi connectivity index (χ3n) is 3.17. The molecule has 78 valence electrons. The lowest BCUT2D eigenvalue weighted by Gasteiger charge is -2.57. The molecule has 5 nitrogen and oxygen atoms in total. The number of hydrogen-bond donors (Lipinski definition) is 1. The summed E-state index contributed by atoms with van der Waals surface area (Å²) in [5.74, 6) is -2.03. The molecule has 3 aliphatic heterocycles. The average molecular weight is 200 g/mol. The van der Waals surface area contributed by atoms with Crippen LogP contribution in [0.5, 0.6) is 0 Å². The zero-order chi connectivity index (χ0) is 9.97. The zero-order valence-corrected chi connectivity index (χ0v) is 7.86. The van der Waals surface area contributed by atoms with E-state index in [2.05, 4.69) is 0 Å². The Kier molecular flexibility index (Phi) is 1.41. The average Bonchev–Trinajstić information content (AvgIpc) is 1.98. The van der Waals surface area contributed by atoms with Crippen LogP contribution in [0.2, 0.25) is 0 Å². The number of carboxylic acids is 1. The van der Waals surface area contributed by atoms with Gasteiger partial charge in [-0.3, -0.25) is 0 Å². The van der Waals surface area contributed by atoms with Crippen LogP contribution in [0.1, 0.15) is 26.2 Å². The summed E-state index contributed by atoms with van der Waals surface area (Å²) in [5.41, 5.74) is -1.07. The van der Waals surface area contributed by atoms with Crippen molar-refractivity contribution in [1.29, 1.82) is 0 Å². The van der Waals surface area contributed by atoms with Gasteiger partial charge in [-0.1, -0.05) is 0 Å². The summed E-state index contributed by atoms with van der Waals surface area (Å²) in [7, 11) is 0. The topological polar surface area (TPSA) is 65.0 Å². The molecule has 0 aromatic heterocycles. The largest absolute Gasteiger partial charge is 0.479 e. The van der Waals surface area contributed by atoms with Crippen molar-refractivity contribution < 1.29 is 24.1 Å². The molecule has 2 atom stereocenters. The van der Waals surface area contributed by atoms with Gasteiger partial charge in [-0.25, -0.2) is 4.79 Å². The SMILES string of the molecule is CC12OC3CC(CC(C(=O)O)(C3)O1)O2. The highest BCUT2D eigenvalue weighted by atomic mass is 16.9. The highest BCUT2D eigenvalue weighted by Gasteiger charge is 2.62. The normalized spacial score (nSPS) is 54.9. The van der Waals surface area contributed by atoms with Gasteiger partial charge in [0.05, 0.1) is 12.2 Å². The second kappa shape index (κ2) is 2.29. The molecular weight excluding hydrogens is 188 g/mol. The van der Waals surface area contributed by atoms with Crippen molar-refractivity contribution in [2.75, 3.05) is 0 Å². The van der Waals surface area contributed by atoms with Crippen molar-refractivity contribution in [2.24, 2.45) is 0 Å². The van der Waals surface area contributed by atoms with E-state index in [9.17, 15) is 4.79 Å². The van der Waals surface area contributed by atoms with Crippen molar-refractivity contribution >= 4 is 5.97 Å². The fourth-order valence-corrected chi connectivity index (χ4v) is 2.80. The Labute approximate surface area is 80.9 Å². The Balaban J connectivity index is 2.00. The summed E-state index contributed by atoms with van der Waals surface area (Å²) < 4.78 is 16.4. The van der Waals surface area contributed by atoms with Crippen molar-refractivity contribution in [1.82, 2.24) is 0 Å². The predicted molar refractivity (Wildman–Crippen MR) is 43.5 cm³/mol. The first kappa shape index (κ1) is 8.64. The molecule has 1 saturated carbocycles. The molecule has 3 saturated heterocycles. The summed E-state index contributed by atoms with van der Waals surface area (Å²) in [4.78, 5) is 11.2. The van der Waals surface area contributed by atoms with E-state index >= 15 is 0 Å². The van der Waals surface area contributed by atoms with Crippen molar-refractivity contribution in [3.05, 3.63) is 0 Å². The predicted octanol–water partition coefficient (Wildman–Crippen LogP) is 0.482. The maximum atomic E-state index is 11.2. The third kappa shape index (κ3) is 0.973. The lowest BCUT2D eigenvalue weighted by atomic mass is 9.78. The zero-order valence-electron chi connectivity index (χ0n) is 7.86. The van der Waals surface area contributed by atoms with Crippen molar-refractivity contribution in [3.8, 4) is 0 Å². The van der Waals surface area contributed by atoms with Crippen LogP contribution in [0.4, 0.5) is 0 Å². The molecule has 0 amide bonds. The molecule has 4 fully saturated rings. The maximum absolute atomic E-state index is 11.2. The lowest BCUT2D eigenvalue weighted by Crippen LogP contribution is -2.68. The fourth-order valence-electron chi connectivity index (χ4n) is 2.80. The molecule has 0 spiro atoms. The summed E-state index contributed by atoms with van der Waals surface area (Å²) in [6.45, 7) is 1.64. The molecular formula is C9H12O5. The fraction of sp³-hybridized carbons (Fsp3) is 0.889. The van der Waals surface area contributed by atoms with E-state index in [1.807, 2.05) is 0 Å². The molecule has 0 aromatic carbocycles. The second-order valence-electron chi connectivity index (χ2n) is 4.39. The molecule has 0 aromatic rings. The number of rotatable bonds is 1. The van der Waals surface area contributed by atoms with Gasteiger partial charge in [0.25, 0.3) is 5.97 Å². The number of ether oxygens (including phenoxy) is 3. The van der Waals surface area contributed by atoms with E-state index in [0.29, 0.717) is 12.8 Å². The molecule has 1 aliphatic carbocycles.